The number of nitrogens with zero attached hydrogens (tertiary/aromatic N) is 3. The van der Waals surface area contributed by atoms with Gasteiger partial charge in [-0.2, -0.15) is 0 Å². The van der Waals surface area contributed by atoms with Crippen molar-refractivity contribution in [1.82, 2.24) is 15.5 Å². The second kappa shape index (κ2) is 6.80. The van der Waals surface area contributed by atoms with Crippen LogP contribution in [0.5, 0.6) is 0 Å². The van der Waals surface area contributed by atoms with E-state index in [9.17, 15) is 9.59 Å². The van der Waals surface area contributed by atoms with Gasteiger partial charge >= 0.3 is 12.1 Å². The van der Waals surface area contributed by atoms with E-state index in [2.05, 4.69) is 15.5 Å². The highest BCUT2D eigenvalue weighted by atomic mass is 16.6. The van der Waals surface area contributed by atoms with Crippen LogP contribution < -0.4 is 10.2 Å². The van der Waals surface area contributed by atoms with Gasteiger partial charge in [0, 0.05) is 19.1 Å². The zero-order valence-corrected chi connectivity index (χ0v) is 13.6. The molecule has 8 heteroatoms. The van der Waals surface area contributed by atoms with Crippen LogP contribution in [0, 0.1) is 0 Å². The van der Waals surface area contributed by atoms with Gasteiger partial charge in [-0.25, -0.2) is 9.59 Å². The summed E-state index contributed by atoms with van der Waals surface area (Å²) in [4.78, 5) is 24.5. The van der Waals surface area contributed by atoms with Crippen LogP contribution >= 0.6 is 0 Å². The van der Waals surface area contributed by atoms with Crippen molar-refractivity contribution in [2.45, 2.75) is 45.3 Å². The number of carbonyl (C=O) groups is 2. The number of hydrogen-bond donors (Lipinski definition) is 2. The number of hydrogen-bond acceptors (Lipinski definition) is 6. The van der Waals surface area contributed by atoms with Crippen LogP contribution in [0.1, 0.15) is 44.1 Å². The predicted octanol–water partition coefficient (Wildman–Crippen LogP) is 1.67. The third-order valence-corrected chi connectivity index (χ3v) is 3.41. The van der Waals surface area contributed by atoms with Crippen LogP contribution in [0.15, 0.2) is 12.1 Å². The van der Waals surface area contributed by atoms with Gasteiger partial charge < -0.3 is 20.1 Å². The summed E-state index contributed by atoms with van der Waals surface area (Å²) in [6.45, 7) is 6.90. The van der Waals surface area contributed by atoms with E-state index >= 15 is 0 Å². The zero-order valence-electron chi connectivity index (χ0n) is 13.6. The summed E-state index contributed by atoms with van der Waals surface area (Å²) in [6.07, 6.45) is 1.13. The van der Waals surface area contributed by atoms with E-state index in [0.717, 1.165) is 12.8 Å². The summed E-state index contributed by atoms with van der Waals surface area (Å²) in [6, 6.07) is 3.15. The molecule has 2 heterocycles. The van der Waals surface area contributed by atoms with Gasteiger partial charge in [-0.15, -0.1) is 10.2 Å². The van der Waals surface area contributed by atoms with Crippen molar-refractivity contribution in [2.24, 2.45) is 0 Å². The van der Waals surface area contributed by atoms with E-state index in [0.29, 0.717) is 18.9 Å². The number of nitrogens with one attached hydrogen (secondary N) is 1. The summed E-state index contributed by atoms with van der Waals surface area (Å²) in [5.41, 5.74) is -0.582. The molecule has 0 unspecified atom stereocenters. The lowest BCUT2D eigenvalue weighted by Gasteiger charge is -2.33. The molecule has 0 saturated carbocycles. The van der Waals surface area contributed by atoms with Crippen LogP contribution in [0.4, 0.5) is 10.6 Å². The van der Waals surface area contributed by atoms with E-state index in [1.165, 1.54) is 6.07 Å². The van der Waals surface area contributed by atoms with Crippen LogP contribution in [-0.2, 0) is 4.74 Å². The summed E-state index contributed by atoms with van der Waals surface area (Å²) >= 11 is 0. The van der Waals surface area contributed by atoms with E-state index < -0.39 is 17.7 Å². The number of amides is 1. The first-order valence-electron chi connectivity index (χ1n) is 7.56. The van der Waals surface area contributed by atoms with Gasteiger partial charge in [-0.05, 0) is 45.7 Å². The summed E-state index contributed by atoms with van der Waals surface area (Å²) in [5.74, 6) is -0.449. The van der Waals surface area contributed by atoms with Gasteiger partial charge in [-0.3, -0.25) is 0 Å². The van der Waals surface area contributed by atoms with Crippen molar-refractivity contribution >= 4 is 17.9 Å². The first-order chi connectivity index (χ1) is 10.7. The normalized spacial score (nSPS) is 16.0. The van der Waals surface area contributed by atoms with Crippen molar-refractivity contribution in [3.63, 3.8) is 0 Å². The van der Waals surface area contributed by atoms with Gasteiger partial charge in [0.05, 0.1) is 0 Å². The number of aromatic carboxylic acids is 1. The van der Waals surface area contributed by atoms with Gasteiger partial charge in [0.25, 0.3) is 0 Å². The maximum Gasteiger partial charge on any atom is 0.407 e. The fourth-order valence-corrected chi connectivity index (χ4v) is 2.34. The fourth-order valence-electron chi connectivity index (χ4n) is 2.34. The molecule has 0 radical (unpaired) electrons. The first-order valence-corrected chi connectivity index (χ1v) is 7.56. The van der Waals surface area contributed by atoms with E-state index in [4.69, 9.17) is 9.84 Å². The Morgan fingerprint density at radius 3 is 2.39 bits per heavy atom. The van der Waals surface area contributed by atoms with Gasteiger partial charge in [0.15, 0.2) is 11.5 Å². The third kappa shape index (κ3) is 5.08. The van der Waals surface area contributed by atoms with Crippen LogP contribution in [-0.4, -0.2) is 52.1 Å². The molecule has 126 valence electrons. The average Bonchev–Trinajstić information content (AvgIpc) is 2.46. The SMILES string of the molecule is CC(C)(C)OC(=O)NC1CCN(c2ccc(C(=O)O)nn2)CC1. The Hall–Kier alpha value is -2.38. The molecule has 1 fully saturated rings. The number of carboxylic acids is 1. The third-order valence-electron chi connectivity index (χ3n) is 3.41. The highest BCUT2D eigenvalue weighted by molar-refractivity contribution is 5.85. The second-order valence-corrected chi connectivity index (χ2v) is 6.49. The largest absolute Gasteiger partial charge is 0.476 e. The number of carbonyl (C=O) groups excluding carboxylic acids is 1. The smallest absolute Gasteiger partial charge is 0.407 e. The number of alkyl carbamates (subject to hydrolysis) is 1. The molecular weight excluding hydrogens is 300 g/mol. The quantitative estimate of drug-likeness (QED) is 0.872. The Labute approximate surface area is 134 Å². The second-order valence-electron chi connectivity index (χ2n) is 6.49. The van der Waals surface area contributed by atoms with Crippen LogP contribution in [0.25, 0.3) is 0 Å². The molecule has 2 N–H and O–H groups in total. The lowest BCUT2D eigenvalue weighted by molar-refractivity contribution is 0.0496. The number of rotatable bonds is 3. The van der Waals surface area contributed by atoms with Crippen molar-refractivity contribution in [1.29, 1.82) is 0 Å². The molecule has 0 spiro atoms. The molecule has 1 aliphatic heterocycles. The summed E-state index contributed by atoms with van der Waals surface area (Å²) in [7, 11) is 0. The predicted molar refractivity (Wildman–Crippen MR) is 83.6 cm³/mol. The number of carboxylic acid groups (broad SMARTS) is 1. The van der Waals surface area contributed by atoms with Crippen LogP contribution in [0.3, 0.4) is 0 Å². The molecule has 0 atom stereocenters. The maximum absolute atomic E-state index is 11.8. The van der Waals surface area contributed by atoms with Crippen molar-refractivity contribution < 1.29 is 19.4 Å². The maximum atomic E-state index is 11.8. The topological polar surface area (TPSA) is 105 Å². The van der Waals surface area contributed by atoms with Crippen molar-refractivity contribution in [3.05, 3.63) is 17.8 Å². The molecule has 0 bridgehead atoms. The van der Waals surface area contributed by atoms with E-state index in [1.54, 1.807) is 6.07 Å². The van der Waals surface area contributed by atoms with Gasteiger partial charge in [-0.1, -0.05) is 0 Å². The molecule has 1 aromatic heterocycles. The summed E-state index contributed by atoms with van der Waals surface area (Å²) < 4.78 is 5.25. The Morgan fingerprint density at radius 1 is 1.26 bits per heavy atom. The Balaban J connectivity index is 1.84. The number of ether oxygens (including phenoxy) is 1. The number of aromatic nitrogens is 2. The molecular formula is C15H22N4O4. The molecule has 8 nitrogen and oxygen atoms in total. The molecule has 0 aromatic carbocycles. The average molecular weight is 322 g/mol. The zero-order chi connectivity index (χ0) is 17.0. The van der Waals surface area contributed by atoms with Crippen LogP contribution in [0.2, 0.25) is 0 Å². The molecule has 1 aliphatic rings. The minimum Gasteiger partial charge on any atom is -0.476 e. The Kier molecular flexibility index (Phi) is 5.02. The standard InChI is InChI=1S/C15H22N4O4/c1-15(2,3)23-14(22)16-10-6-8-19(9-7-10)12-5-4-11(13(20)21)17-18-12/h4-5,10H,6-9H2,1-3H3,(H,16,22)(H,20,21). The highest BCUT2D eigenvalue weighted by Crippen LogP contribution is 2.18. The lowest BCUT2D eigenvalue weighted by Crippen LogP contribution is -2.46. The molecule has 23 heavy (non-hydrogen) atoms. The molecule has 1 amide bonds. The molecule has 1 aromatic rings. The minimum atomic E-state index is -1.09. The lowest BCUT2D eigenvalue weighted by atomic mass is 10.1. The molecule has 0 aliphatic carbocycles. The molecule has 1 saturated heterocycles. The highest BCUT2D eigenvalue weighted by Gasteiger charge is 2.24. The minimum absolute atomic E-state index is 0.0624. The fraction of sp³-hybridized carbons (Fsp3) is 0.600. The number of piperidine rings is 1. The number of anilines is 1. The Morgan fingerprint density at radius 2 is 1.91 bits per heavy atom. The Bertz CT molecular complexity index is 560. The monoisotopic (exact) mass is 322 g/mol. The van der Waals surface area contributed by atoms with E-state index in [1.807, 2.05) is 25.7 Å². The molecule has 2 rings (SSSR count). The van der Waals surface area contributed by atoms with Gasteiger partial charge in [0.2, 0.25) is 0 Å². The van der Waals surface area contributed by atoms with Crippen molar-refractivity contribution in [3.8, 4) is 0 Å². The van der Waals surface area contributed by atoms with E-state index in [-0.39, 0.29) is 11.7 Å². The first kappa shape index (κ1) is 17.0. The van der Waals surface area contributed by atoms with Gasteiger partial charge in [0.1, 0.15) is 5.60 Å². The van der Waals surface area contributed by atoms with Crippen molar-refractivity contribution in [2.75, 3.05) is 18.0 Å². The summed E-state index contributed by atoms with van der Waals surface area (Å²) in [5, 5.41) is 19.3.